The number of H-pyrrole nitrogens is 1. The SMILES string of the molecule is CCn1nccc1C(=O)NC(C(=O)Nc1ccc(-c2c(C)n[nH]c2C)nc1)C1CCC(C)CC1. The summed E-state index contributed by atoms with van der Waals surface area (Å²) >= 11 is 0. The molecular weight excluding hydrogens is 430 g/mol. The van der Waals surface area contributed by atoms with Crippen LogP contribution in [0.5, 0.6) is 0 Å². The fraction of sp³-hybridized carbons (Fsp3) is 0.480. The second-order valence-corrected chi connectivity index (χ2v) is 9.23. The zero-order valence-corrected chi connectivity index (χ0v) is 20.3. The first-order chi connectivity index (χ1) is 16.4. The molecule has 2 amide bonds. The molecule has 1 unspecified atom stereocenters. The number of anilines is 1. The molecular formula is C25H33N7O2. The van der Waals surface area contributed by atoms with Crippen molar-refractivity contribution >= 4 is 17.5 Å². The molecule has 3 heterocycles. The average molecular weight is 464 g/mol. The summed E-state index contributed by atoms with van der Waals surface area (Å²) in [5, 5.41) is 17.3. The normalized spacial score (nSPS) is 18.9. The summed E-state index contributed by atoms with van der Waals surface area (Å²) in [6.07, 6.45) is 7.17. The van der Waals surface area contributed by atoms with Crippen LogP contribution in [-0.4, -0.2) is 42.8 Å². The van der Waals surface area contributed by atoms with Gasteiger partial charge in [0.1, 0.15) is 11.7 Å². The second-order valence-electron chi connectivity index (χ2n) is 9.23. The number of hydrogen-bond acceptors (Lipinski definition) is 5. The van der Waals surface area contributed by atoms with E-state index in [-0.39, 0.29) is 17.7 Å². The lowest BCUT2D eigenvalue weighted by Crippen LogP contribution is -2.49. The number of pyridine rings is 1. The highest BCUT2D eigenvalue weighted by atomic mass is 16.2. The van der Waals surface area contributed by atoms with E-state index < -0.39 is 6.04 Å². The third-order valence-corrected chi connectivity index (χ3v) is 6.76. The van der Waals surface area contributed by atoms with Gasteiger partial charge >= 0.3 is 0 Å². The zero-order chi connectivity index (χ0) is 24.2. The molecule has 4 rings (SSSR count). The van der Waals surface area contributed by atoms with Gasteiger partial charge in [0.25, 0.3) is 5.91 Å². The Morgan fingerprint density at radius 2 is 1.94 bits per heavy atom. The number of rotatable bonds is 7. The molecule has 0 spiro atoms. The maximum absolute atomic E-state index is 13.4. The van der Waals surface area contributed by atoms with Gasteiger partial charge in [0, 0.05) is 24.0 Å². The number of amides is 2. The average Bonchev–Trinajstić information content (AvgIpc) is 3.45. The molecule has 1 saturated carbocycles. The maximum Gasteiger partial charge on any atom is 0.270 e. The molecule has 0 aromatic carbocycles. The molecule has 3 aromatic rings. The predicted molar refractivity (Wildman–Crippen MR) is 130 cm³/mol. The van der Waals surface area contributed by atoms with Crippen LogP contribution in [0.4, 0.5) is 5.69 Å². The fourth-order valence-corrected chi connectivity index (χ4v) is 4.77. The molecule has 0 saturated heterocycles. The van der Waals surface area contributed by atoms with E-state index in [1.807, 2.05) is 32.9 Å². The van der Waals surface area contributed by atoms with Gasteiger partial charge in [-0.1, -0.05) is 19.8 Å². The number of carbonyl (C=O) groups is 2. The van der Waals surface area contributed by atoms with E-state index in [1.54, 1.807) is 23.1 Å². The number of hydrogen-bond donors (Lipinski definition) is 3. The van der Waals surface area contributed by atoms with Crippen LogP contribution in [0, 0.1) is 25.7 Å². The highest BCUT2D eigenvalue weighted by Gasteiger charge is 2.33. The van der Waals surface area contributed by atoms with Crippen molar-refractivity contribution in [1.82, 2.24) is 30.3 Å². The summed E-state index contributed by atoms with van der Waals surface area (Å²) in [5.41, 5.74) is 4.63. The molecule has 3 aromatic heterocycles. The molecule has 1 aliphatic carbocycles. The predicted octanol–water partition coefficient (Wildman–Crippen LogP) is 3.87. The van der Waals surface area contributed by atoms with Gasteiger partial charge in [-0.05, 0) is 63.6 Å². The summed E-state index contributed by atoms with van der Waals surface area (Å²) in [5.74, 6) is 0.226. The van der Waals surface area contributed by atoms with Crippen LogP contribution in [0.2, 0.25) is 0 Å². The Bertz CT molecular complexity index is 1120. The lowest BCUT2D eigenvalue weighted by Gasteiger charge is -2.32. The third kappa shape index (κ3) is 5.03. The molecule has 34 heavy (non-hydrogen) atoms. The highest BCUT2D eigenvalue weighted by Crippen LogP contribution is 2.31. The Morgan fingerprint density at radius 3 is 2.56 bits per heavy atom. The van der Waals surface area contributed by atoms with Crippen molar-refractivity contribution in [3.05, 3.63) is 47.7 Å². The maximum atomic E-state index is 13.4. The number of aromatic amines is 1. The van der Waals surface area contributed by atoms with Gasteiger partial charge in [0.05, 0.1) is 23.3 Å². The second kappa shape index (κ2) is 10.2. The third-order valence-electron chi connectivity index (χ3n) is 6.76. The Balaban J connectivity index is 1.51. The summed E-state index contributed by atoms with van der Waals surface area (Å²) in [6.45, 7) is 8.63. The molecule has 3 N–H and O–H groups in total. The Labute approximate surface area is 199 Å². The van der Waals surface area contributed by atoms with Gasteiger partial charge in [-0.3, -0.25) is 24.4 Å². The van der Waals surface area contributed by atoms with Crippen LogP contribution < -0.4 is 10.6 Å². The van der Waals surface area contributed by atoms with E-state index in [9.17, 15) is 9.59 Å². The minimum atomic E-state index is -0.627. The molecule has 0 bridgehead atoms. The molecule has 180 valence electrons. The Kier molecular flexibility index (Phi) is 7.09. The molecule has 1 aliphatic rings. The smallest absolute Gasteiger partial charge is 0.270 e. The molecule has 9 nitrogen and oxygen atoms in total. The molecule has 9 heteroatoms. The molecule has 1 fully saturated rings. The van der Waals surface area contributed by atoms with Gasteiger partial charge in [0.2, 0.25) is 5.91 Å². The number of nitrogens with one attached hydrogen (secondary N) is 3. The van der Waals surface area contributed by atoms with Crippen molar-refractivity contribution in [2.75, 3.05) is 5.32 Å². The fourth-order valence-electron chi connectivity index (χ4n) is 4.77. The van der Waals surface area contributed by atoms with Gasteiger partial charge in [-0.25, -0.2) is 0 Å². The number of aryl methyl sites for hydroxylation is 3. The first kappa shape index (κ1) is 23.7. The largest absolute Gasteiger partial charge is 0.339 e. The minimum Gasteiger partial charge on any atom is -0.339 e. The Hall–Kier alpha value is -3.49. The highest BCUT2D eigenvalue weighted by molar-refractivity contribution is 6.00. The van der Waals surface area contributed by atoms with Crippen molar-refractivity contribution in [2.24, 2.45) is 11.8 Å². The van der Waals surface area contributed by atoms with E-state index in [0.717, 1.165) is 48.3 Å². The number of aromatic nitrogens is 5. The van der Waals surface area contributed by atoms with Gasteiger partial charge < -0.3 is 10.6 Å². The van der Waals surface area contributed by atoms with Crippen LogP contribution in [0.25, 0.3) is 11.3 Å². The first-order valence-corrected chi connectivity index (χ1v) is 12.0. The lowest BCUT2D eigenvalue weighted by atomic mass is 9.79. The summed E-state index contributed by atoms with van der Waals surface area (Å²) in [4.78, 5) is 30.9. The van der Waals surface area contributed by atoms with E-state index in [1.165, 1.54) is 0 Å². The standard InChI is InChI=1S/C25H33N7O2/c1-5-32-21(12-13-27-32)24(33)29-23(18-8-6-15(2)7-9-18)25(34)28-19-10-11-20(26-14-19)22-16(3)30-31-17(22)4/h10-15,18,23H,5-9H2,1-4H3,(H,28,34)(H,29,33)(H,30,31). The number of carbonyl (C=O) groups excluding carboxylic acids is 2. The molecule has 0 radical (unpaired) electrons. The van der Waals surface area contributed by atoms with E-state index in [4.69, 9.17) is 0 Å². The van der Waals surface area contributed by atoms with Gasteiger partial charge in [-0.2, -0.15) is 10.2 Å². The lowest BCUT2D eigenvalue weighted by molar-refractivity contribution is -0.119. The topological polar surface area (TPSA) is 118 Å². The van der Waals surface area contributed by atoms with Gasteiger partial charge in [-0.15, -0.1) is 0 Å². The zero-order valence-electron chi connectivity index (χ0n) is 20.3. The van der Waals surface area contributed by atoms with Crippen LogP contribution in [0.3, 0.4) is 0 Å². The van der Waals surface area contributed by atoms with Crippen molar-refractivity contribution in [2.45, 2.75) is 66.0 Å². The number of nitrogens with zero attached hydrogens (tertiary/aromatic N) is 4. The quantitative estimate of drug-likeness (QED) is 0.492. The van der Waals surface area contributed by atoms with Crippen LogP contribution in [-0.2, 0) is 11.3 Å². The van der Waals surface area contributed by atoms with Gasteiger partial charge in [0.15, 0.2) is 0 Å². The van der Waals surface area contributed by atoms with Crippen molar-refractivity contribution in [3.8, 4) is 11.3 Å². The van der Waals surface area contributed by atoms with Crippen molar-refractivity contribution in [1.29, 1.82) is 0 Å². The summed E-state index contributed by atoms with van der Waals surface area (Å²) in [6, 6.07) is 4.76. The monoisotopic (exact) mass is 463 g/mol. The van der Waals surface area contributed by atoms with Crippen LogP contribution in [0.15, 0.2) is 30.6 Å². The Morgan fingerprint density at radius 1 is 1.18 bits per heavy atom. The summed E-state index contributed by atoms with van der Waals surface area (Å²) in [7, 11) is 0. The molecule has 1 atom stereocenters. The van der Waals surface area contributed by atoms with E-state index >= 15 is 0 Å². The first-order valence-electron chi connectivity index (χ1n) is 12.0. The van der Waals surface area contributed by atoms with E-state index in [2.05, 4.69) is 37.8 Å². The summed E-state index contributed by atoms with van der Waals surface area (Å²) < 4.78 is 1.63. The minimum absolute atomic E-state index is 0.0848. The molecule has 0 aliphatic heterocycles. The van der Waals surface area contributed by atoms with Crippen molar-refractivity contribution < 1.29 is 9.59 Å². The van der Waals surface area contributed by atoms with Crippen LogP contribution >= 0.6 is 0 Å². The van der Waals surface area contributed by atoms with Crippen LogP contribution in [0.1, 0.15) is 61.4 Å². The van der Waals surface area contributed by atoms with E-state index in [0.29, 0.717) is 23.8 Å². The van der Waals surface area contributed by atoms with Crippen molar-refractivity contribution in [3.63, 3.8) is 0 Å².